The van der Waals surface area contributed by atoms with E-state index in [1.807, 2.05) is 18.2 Å². The minimum absolute atomic E-state index is 0.251. The summed E-state index contributed by atoms with van der Waals surface area (Å²) >= 11 is 0. The number of benzene rings is 1. The largest absolute Gasteiger partial charge is 0.497 e. The van der Waals surface area contributed by atoms with E-state index in [0.717, 1.165) is 5.56 Å². The maximum Gasteiger partial charge on any atom is 0.134 e. The van der Waals surface area contributed by atoms with Crippen molar-refractivity contribution in [3.8, 4) is 29.4 Å². The SMILES string of the molecule is C#CCC(O)c1cc(OC)ccc1-c1ccco1. The third-order valence-electron chi connectivity index (χ3n) is 2.72. The van der Waals surface area contributed by atoms with E-state index in [1.54, 1.807) is 25.5 Å². The number of hydrogen-bond donors (Lipinski definition) is 1. The first-order chi connectivity index (χ1) is 8.76. The van der Waals surface area contributed by atoms with Crippen molar-refractivity contribution in [2.24, 2.45) is 0 Å². The molecular formula is C15H14O3. The molecule has 0 saturated carbocycles. The van der Waals surface area contributed by atoms with Gasteiger partial charge in [0.05, 0.1) is 19.5 Å². The molecule has 0 radical (unpaired) electrons. The zero-order chi connectivity index (χ0) is 13.0. The van der Waals surface area contributed by atoms with Crippen molar-refractivity contribution in [1.29, 1.82) is 0 Å². The Morgan fingerprint density at radius 3 is 2.89 bits per heavy atom. The number of aliphatic hydroxyl groups is 1. The first-order valence-electron chi connectivity index (χ1n) is 5.59. The Labute approximate surface area is 106 Å². The van der Waals surface area contributed by atoms with Crippen molar-refractivity contribution in [3.05, 3.63) is 42.2 Å². The molecule has 1 N–H and O–H groups in total. The highest BCUT2D eigenvalue weighted by molar-refractivity contribution is 5.64. The van der Waals surface area contributed by atoms with Crippen LogP contribution >= 0.6 is 0 Å². The molecule has 0 saturated heterocycles. The van der Waals surface area contributed by atoms with Gasteiger partial charge in [-0.05, 0) is 35.9 Å². The monoisotopic (exact) mass is 242 g/mol. The van der Waals surface area contributed by atoms with Crippen LogP contribution in [0.3, 0.4) is 0 Å². The number of ether oxygens (including phenoxy) is 1. The molecule has 3 heteroatoms. The van der Waals surface area contributed by atoms with Gasteiger partial charge in [0.2, 0.25) is 0 Å². The summed E-state index contributed by atoms with van der Waals surface area (Å²) in [6.07, 6.45) is 6.36. The van der Waals surface area contributed by atoms with E-state index in [4.69, 9.17) is 15.6 Å². The second-order valence-electron chi connectivity index (χ2n) is 3.85. The summed E-state index contributed by atoms with van der Waals surface area (Å²) in [5.41, 5.74) is 1.53. The van der Waals surface area contributed by atoms with Crippen LogP contribution in [-0.4, -0.2) is 12.2 Å². The standard InChI is InChI=1S/C15H14O3/c1-3-5-14(16)13-10-11(17-2)7-8-12(13)15-6-4-9-18-15/h1,4,6-10,14,16H,5H2,2H3. The number of terminal acetylenes is 1. The zero-order valence-corrected chi connectivity index (χ0v) is 10.1. The summed E-state index contributed by atoms with van der Waals surface area (Å²) in [5.74, 6) is 3.83. The molecule has 3 nitrogen and oxygen atoms in total. The van der Waals surface area contributed by atoms with Gasteiger partial charge in [0, 0.05) is 12.0 Å². The minimum atomic E-state index is -0.731. The highest BCUT2D eigenvalue weighted by atomic mass is 16.5. The zero-order valence-electron chi connectivity index (χ0n) is 10.1. The van der Waals surface area contributed by atoms with Crippen LogP contribution in [0.2, 0.25) is 0 Å². The second kappa shape index (κ2) is 5.44. The van der Waals surface area contributed by atoms with E-state index < -0.39 is 6.10 Å². The van der Waals surface area contributed by atoms with Gasteiger partial charge in [-0.15, -0.1) is 12.3 Å². The number of aliphatic hydroxyl groups excluding tert-OH is 1. The lowest BCUT2D eigenvalue weighted by atomic mass is 9.98. The van der Waals surface area contributed by atoms with Crippen molar-refractivity contribution < 1.29 is 14.3 Å². The Hall–Kier alpha value is -2.18. The number of furan rings is 1. The molecular weight excluding hydrogens is 228 g/mol. The van der Waals surface area contributed by atoms with Crippen LogP contribution in [0.4, 0.5) is 0 Å². The lowest BCUT2D eigenvalue weighted by molar-refractivity contribution is 0.184. The summed E-state index contributed by atoms with van der Waals surface area (Å²) in [7, 11) is 1.58. The predicted octanol–water partition coefficient (Wildman–Crippen LogP) is 3.01. The molecule has 1 aromatic heterocycles. The Bertz CT molecular complexity index is 550. The summed E-state index contributed by atoms with van der Waals surface area (Å²) in [6.45, 7) is 0. The van der Waals surface area contributed by atoms with Gasteiger partial charge in [-0.2, -0.15) is 0 Å². The fourth-order valence-corrected chi connectivity index (χ4v) is 1.82. The van der Waals surface area contributed by atoms with Gasteiger partial charge in [-0.3, -0.25) is 0 Å². The average Bonchev–Trinajstić information content (AvgIpc) is 2.92. The van der Waals surface area contributed by atoms with Crippen molar-refractivity contribution in [3.63, 3.8) is 0 Å². The molecule has 0 fully saturated rings. The molecule has 0 aliphatic heterocycles. The third-order valence-corrected chi connectivity index (χ3v) is 2.72. The molecule has 18 heavy (non-hydrogen) atoms. The highest BCUT2D eigenvalue weighted by Gasteiger charge is 2.15. The van der Waals surface area contributed by atoms with Crippen LogP contribution in [0.1, 0.15) is 18.1 Å². The quantitative estimate of drug-likeness (QED) is 0.838. The molecule has 0 amide bonds. The first-order valence-corrected chi connectivity index (χ1v) is 5.59. The average molecular weight is 242 g/mol. The Balaban J connectivity index is 2.49. The fourth-order valence-electron chi connectivity index (χ4n) is 1.82. The molecule has 0 aliphatic carbocycles. The second-order valence-corrected chi connectivity index (χ2v) is 3.85. The van der Waals surface area contributed by atoms with Gasteiger partial charge < -0.3 is 14.3 Å². The lowest BCUT2D eigenvalue weighted by Crippen LogP contribution is -1.99. The molecule has 1 aromatic carbocycles. The van der Waals surface area contributed by atoms with Crippen LogP contribution in [0.5, 0.6) is 5.75 Å². The van der Waals surface area contributed by atoms with Gasteiger partial charge in [0.15, 0.2) is 0 Å². The maximum absolute atomic E-state index is 10.1. The Morgan fingerprint density at radius 2 is 2.28 bits per heavy atom. The van der Waals surface area contributed by atoms with E-state index in [-0.39, 0.29) is 6.42 Å². The summed E-state index contributed by atoms with van der Waals surface area (Å²) in [4.78, 5) is 0. The van der Waals surface area contributed by atoms with Crippen LogP contribution in [-0.2, 0) is 0 Å². The normalized spacial score (nSPS) is 11.8. The predicted molar refractivity (Wildman–Crippen MR) is 69.1 cm³/mol. The Kier molecular flexibility index (Phi) is 3.71. The molecule has 0 aliphatic rings. The first kappa shape index (κ1) is 12.3. The van der Waals surface area contributed by atoms with E-state index in [1.165, 1.54) is 0 Å². The molecule has 1 heterocycles. The molecule has 0 bridgehead atoms. The molecule has 1 unspecified atom stereocenters. The third kappa shape index (κ3) is 2.39. The van der Waals surface area contributed by atoms with Gasteiger partial charge in [0.25, 0.3) is 0 Å². The van der Waals surface area contributed by atoms with E-state index in [2.05, 4.69) is 5.92 Å². The van der Waals surface area contributed by atoms with Crippen molar-refractivity contribution >= 4 is 0 Å². The van der Waals surface area contributed by atoms with Gasteiger partial charge >= 0.3 is 0 Å². The fraction of sp³-hybridized carbons (Fsp3) is 0.200. The van der Waals surface area contributed by atoms with Crippen molar-refractivity contribution in [2.45, 2.75) is 12.5 Å². The summed E-state index contributed by atoms with van der Waals surface area (Å²) < 4.78 is 10.5. The van der Waals surface area contributed by atoms with Crippen LogP contribution in [0.25, 0.3) is 11.3 Å². The van der Waals surface area contributed by atoms with Gasteiger partial charge in [-0.25, -0.2) is 0 Å². The minimum Gasteiger partial charge on any atom is -0.497 e. The number of rotatable bonds is 4. The van der Waals surface area contributed by atoms with E-state index in [0.29, 0.717) is 17.1 Å². The highest BCUT2D eigenvalue weighted by Crippen LogP contribution is 2.32. The van der Waals surface area contributed by atoms with Crippen LogP contribution in [0, 0.1) is 12.3 Å². The molecule has 2 aromatic rings. The van der Waals surface area contributed by atoms with Gasteiger partial charge in [0.1, 0.15) is 11.5 Å². The summed E-state index contributed by atoms with van der Waals surface area (Å²) in [5, 5.41) is 10.1. The lowest BCUT2D eigenvalue weighted by Gasteiger charge is -2.13. The summed E-state index contributed by atoms with van der Waals surface area (Å²) in [6, 6.07) is 9.10. The van der Waals surface area contributed by atoms with Gasteiger partial charge in [-0.1, -0.05) is 0 Å². The van der Waals surface area contributed by atoms with E-state index >= 15 is 0 Å². The molecule has 92 valence electrons. The van der Waals surface area contributed by atoms with Crippen molar-refractivity contribution in [2.75, 3.05) is 7.11 Å². The maximum atomic E-state index is 10.1. The topological polar surface area (TPSA) is 42.6 Å². The number of methoxy groups -OCH3 is 1. The molecule has 2 rings (SSSR count). The molecule has 1 atom stereocenters. The smallest absolute Gasteiger partial charge is 0.134 e. The van der Waals surface area contributed by atoms with E-state index in [9.17, 15) is 5.11 Å². The van der Waals surface area contributed by atoms with Crippen LogP contribution in [0.15, 0.2) is 41.0 Å². The number of hydrogen-bond acceptors (Lipinski definition) is 3. The van der Waals surface area contributed by atoms with Crippen molar-refractivity contribution in [1.82, 2.24) is 0 Å². The Morgan fingerprint density at radius 1 is 1.44 bits per heavy atom. The van der Waals surface area contributed by atoms with Crippen LogP contribution < -0.4 is 4.74 Å². The molecule has 0 spiro atoms.